The lowest BCUT2D eigenvalue weighted by molar-refractivity contribution is -0.117. The van der Waals surface area contributed by atoms with Gasteiger partial charge in [-0.1, -0.05) is 12.1 Å². The van der Waals surface area contributed by atoms with Crippen molar-refractivity contribution in [3.63, 3.8) is 0 Å². The summed E-state index contributed by atoms with van der Waals surface area (Å²) in [6, 6.07) is 7.92. The lowest BCUT2D eigenvalue weighted by Crippen LogP contribution is -2.00. The molecule has 0 unspecified atom stereocenters. The monoisotopic (exact) mass is 192 g/mol. The Morgan fingerprint density at radius 2 is 2.21 bits per heavy atom. The lowest BCUT2D eigenvalue weighted by Gasteiger charge is -2.05. The van der Waals surface area contributed by atoms with E-state index in [1.54, 1.807) is 6.92 Å². The molecule has 0 fully saturated rings. The highest BCUT2D eigenvalue weighted by molar-refractivity contribution is 5.75. The van der Waals surface area contributed by atoms with E-state index in [-0.39, 0.29) is 5.78 Å². The van der Waals surface area contributed by atoms with Crippen LogP contribution in [0.2, 0.25) is 0 Å². The maximum absolute atomic E-state index is 10.7. The number of hydrogen-bond acceptors (Lipinski definition) is 2. The highest BCUT2D eigenvalue weighted by atomic mass is 16.5. The van der Waals surface area contributed by atoms with Gasteiger partial charge >= 0.3 is 0 Å². The number of carbonyl (C=O) groups excluding carboxylic acids is 1. The van der Waals surface area contributed by atoms with Gasteiger partial charge in [0.1, 0.15) is 11.5 Å². The van der Waals surface area contributed by atoms with Gasteiger partial charge in [0, 0.05) is 6.42 Å². The first-order chi connectivity index (χ1) is 6.68. The Labute approximate surface area is 84.9 Å². The third-order valence-electron chi connectivity index (χ3n) is 1.93. The SMILES string of the molecule is CC(=O)CCCOc1cccc(C)c1. The third-order valence-corrected chi connectivity index (χ3v) is 1.93. The molecule has 0 heterocycles. The Balaban J connectivity index is 2.28. The van der Waals surface area contributed by atoms with Crippen molar-refractivity contribution in [2.45, 2.75) is 26.7 Å². The van der Waals surface area contributed by atoms with Gasteiger partial charge in [0.25, 0.3) is 0 Å². The van der Waals surface area contributed by atoms with Crippen LogP contribution in [0.15, 0.2) is 24.3 Å². The van der Waals surface area contributed by atoms with E-state index in [1.165, 1.54) is 5.56 Å². The van der Waals surface area contributed by atoms with Gasteiger partial charge < -0.3 is 9.53 Å². The Morgan fingerprint density at radius 3 is 2.86 bits per heavy atom. The van der Waals surface area contributed by atoms with Gasteiger partial charge in [-0.15, -0.1) is 0 Å². The molecule has 1 aromatic rings. The van der Waals surface area contributed by atoms with Crippen molar-refractivity contribution < 1.29 is 9.53 Å². The summed E-state index contributed by atoms with van der Waals surface area (Å²) >= 11 is 0. The summed E-state index contributed by atoms with van der Waals surface area (Å²) in [5.74, 6) is 1.10. The van der Waals surface area contributed by atoms with Gasteiger partial charge in [0.05, 0.1) is 6.61 Å². The van der Waals surface area contributed by atoms with Crippen molar-refractivity contribution in [2.24, 2.45) is 0 Å². The molecule has 0 bridgehead atoms. The van der Waals surface area contributed by atoms with Crippen LogP contribution in [0.1, 0.15) is 25.3 Å². The number of aryl methyl sites for hydroxylation is 1. The highest BCUT2D eigenvalue weighted by Gasteiger charge is 1.95. The van der Waals surface area contributed by atoms with Crippen LogP contribution in [-0.2, 0) is 4.79 Å². The van der Waals surface area contributed by atoms with Gasteiger partial charge in [-0.25, -0.2) is 0 Å². The number of ketones is 1. The number of benzene rings is 1. The molecule has 76 valence electrons. The maximum Gasteiger partial charge on any atom is 0.129 e. The van der Waals surface area contributed by atoms with Crippen molar-refractivity contribution in [1.29, 1.82) is 0 Å². The predicted molar refractivity (Wildman–Crippen MR) is 56.6 cm³/mol. The first-order valence-corrected chi connectivity index (χ1v) is 4.87. The smallest absolute Gasteiger partial charge is 0.129 e. The average Bonchev–Trinajstić information content (AvgIpc) is 2.12. The summed E-state index contributed by atoms with van der Waals surface area (Å²) < 4.78 is 5.48. The van der Waals surface area contributed by atoms with E-state index >= 15 is 0 Å². The average molecular weight is 192 g/mol. The third kappa shape index (κ3) is 4.08. The zero-order valence-corrected chi connectivity index (χ0v) is 8.75. The molecule has 0 aliphatic heterocycles. The largest absolute Gasteiger partial charge is 0.494 e. The van der Waals surface area contributed by atoms with E-state index in [9.17, 15) is 4.79 Å². The molecule has 2 nitrogen and oxygen atoms in total. The Bertz CT molecular complexity index is 305. The van der Waals surface area contributed by atoms with Crippen molar-refractivity contribution in [3.05, 3.63) is 29.8 Å². The molecule has 0 aliphatic carbocycles. The molecule has 0 saturated carbocycles. The first-order valence-electron chi connectivity index (χ1n) is 4.87. The lowest BCUT2D eigenvalue weighted by atomic mass is 10.2. The topological polar surface area (TPSA) is 26.3 Å². The van der Waals surface area contributed by atoms with Crippen LogP contribution < -0.4 is 4.74 Å². The fourth-order valence-corrected chi connectivity index (χ4v) is 1.22. The fraction of sp³-hybridized carbons (Fsp3) is 0.417. The zero-order chi connectivity index (χ0) is 10.4. The predicted octanol–water partition coefficient (Wildman–Crippen LogP) is 2.74. The molecule has 0 aromatic heterocycles. The summed E-state index contributed by atoms with van der Waals surface area (Å²) in [5.41, 5.74) is 1.19. The van der Waals surface area contributed by atoms with E-state index < -0.39 is 0 Å². The number of hydrogen-bond donors (Lipinski definition) is 0. The van der Waals surface area contributed by atoms with E-state index in [1.807, 2.05) is 31.2 Å². The minimum atomic E-state index is 0.220. The zero-order valence-electron chi connectivity index (χ0n) is 8.75. The summed E-state index contributed by atoms with van der Waals surface area (Å²) in [6.45, 7) is 4.25. The second-order valence-corrected chi connectivity index (χ2v) is 3.47. The van der Waals surface area contributed by atoms with Crippen LogP contribution in [0.25, 0.3) is 0 Å². The van der Waals surface area contributed by atoms with Gasteiger partial charge in [0.2, 0.25) is 0 Å². The summed E-state index contributed by atoms with van der Waals surface area (Å²) in [4.78, 5) is 10.7. The molecule has 0 N–H and O–H groups in total. The molecular weight excluding hydrogens is 176 g/mol. The Hall–Kier alpha value is -1.31. The minimum Gasteiger partial charge on any atom is -0.494 e. The molecule has 0 aliphatic rings. The van der Waals surface area contributed by atoms with Crippen LogP contribution in [0.3, 0.4) is 0 Å². The van der Waals surface area contributed by atoms with E-state index in [2.05, 4.69) is 0 Å². The Morgan fingerprint density at radius 1 is 1.43 bits per heavy atom. The number of carbonyl (C=O) groups is 1. The second kappa shape index (κ2) is 5.43. The van der Waals surface area contributed by atoms with Crippen LogP contribution in [-0.4, -0.2) is 12.4 Å². The van der Waals surface area contributed by atoms with Crippen LogP contribution >= 0.6 is 0 Å². The molecular formula is C12H16O2. The summed E-state index contributed by atoms with van der Waals surface area (Å²) in [6.07, 6.45) is 1.40. The van der Waals surface area contributed by atoms with Crippen molar-refractivity contribution in [3.8, 4) is 5.75 Å². The van der Waals surface area contributed by atoms with Crippen LogP contribution in [0.5, 0.6) is 5.75 Å². The van der Waals surface area contributed by atoms with Gasteiger partial charge in [-0.2, -0.15) is 0 Å². The van der Waals surface area contributed by atoms with Crippen molar-refractivity contribution >= 4 is 5.78 Å². The minimum absolute atomic E-state index is 0.220. The molecule has 0 amide bonds. The quantitative estimate of drug-likeness (QED) is 0.670. The fourth-order valence-electron chi connectivity index (χ4n) is 1.22. The van der Waals surface area contributed by atoms with E-state index in [4.69, 9.17) is 4.74 Å². The second-order valence-electron chi connectivity index (χ2n) is 3.47. The molecule has 0 spiro atoms. The highest BCUT2D eigenvalue weighted by Crippen LogP contribution is 2.12. The van der Waals surface area contributed by atoms with Crippen molar-refractivity contribution in [1.82, 2.24) is 0 Å². The molecule has 2 heteroatoms. The molecule has 0 saturated heterocycles. The molecule has 1 aromatic carbocycles. The first kappa shape index (κ1) is 10.8. The summed E-state index contributed by atoms with van der Waals surface area (Å²) in [5, 5.41) is 0. The number of Topliss-reactive ketones (excluding diaryl/α,β-unsaturated/α-hetero) is 1. The van der Waals surface area contributed by atoms with Gasteiger partial charge in [-0.3, -0.25) is 0 Å². The standard InChI is InChI=1S/C12H16O2/c1-10-5-3-7-12(9-10)14-8-4-6-11(2)13/h3,5,7,9H,4,6,8H2,1-2H3. The number of rotatable bonds is 5. The normalized spacial score (nSPS) is 9.86. The maximum atomic E-state index is 10.7. The van der Waals surface area contributed by atoms with Gasteiger partial charge in [0.15, 0.2) is 0 Å². The van der Waals surface area contributed by atoms with E-state index in [0.717, 1.165) is 12.2 Å². The summed E-state index contributed by atoms with van der Waals surface area (Å²) in [7, 11) is 0. The van der Waals surface area contributed by atoms with Crippen LogP contribution in [0, 0.1) is 6.92 Å². The number of ether oxygens (including phenoxy) is 1. The van der Waals surface area contributed by atoms with E-state index in [0.29, 0.717) is 13.0 Å². The van der Waals surface area contributed by atoms with Crippen molar-refractivity contribution in [2.75, 3.05) is 6.61 Å². The van der Waals surface area contributed by atoms with Crippen LogP contribution in [0.4, 0.5) is 0 Å². The Kier molecular flexibility index (Phi) is 4.17. The molecule has 1 rings (SSSR count). The molecule has 14 heavy (non-hydrogen) atoms. The molecule has 0 atom stereocenters. The van der Waals surface area contributed by atoms with Gasteiger partial charge in [-0.05, 0) is 38.0 Å². The molecule has 0 radical (unpaired) electrons.